The standard InChI is InChI=1S/C30H38Cl2N2O6/c1-8-30(39-13-14-40-30)12-10-9-11-23(21-15-24(19(2)26(31)17-21)28(35)33(4)37-6)22-16-25(20(3)27(32)18-22)29(36)34(5)38-7/h11,15-18H,8-10,12-14H2,1-7H3. The number of amides is 2. The van der Waals surface area contributed by atoms with Gasteiger partial charge in [-0.05, 0) is 85.2 Å². The predicted octanol–water partition coefficient (Wildman–Crippen LogP) is 6.63. The molecule has 0 radical (unpaired) electrons. The van der Waals surface area contributed by atoms with Crippen molar-refractivity contribution >= 4 is 40.6 Å². The largest absolute Gasteiger partial charge is 0.348 e. The van der Waals surface area contributed by atoms with Gasteiger partial charge in [0, 0.05) is 41.7 Å². The van der Waals surface area contributed by atoms with Crippen LogP contribution < -0.4 is 0 Å². The summed E-state index contributed by atoms with van der Waals surface area (Å²) in [7, 11) is 5.93. The third kappa shape index (κ3) is 7.05. The highest BCUT2D eigenvalue weighted by Crippen LogP contribution is 2.35. The first-order valence-corrected chi connectivity index (χ1v) is 14.0. The Labute approximate surface area is 246 Å². The number of halogens is 2. The molecule has 1 saturated heterocycles. The van der Waals surface area contributed by atoms with Crippen LogP contribution in [0, 0.1) is 13.8 Å². The molecule has 0 unspecified atom stereocenters. The van der Waals surface area contributed by atoms with Crippen LogP contribution in [0.2, 0.25) is 10.0 Å². The van der Waals surface area contributed by atoms with Gasteiger partial charge in [-0.1, -0.05) is 36.2 Å². The van der Waals surface area contributed by atoms with Gasteiger partial charge >= 0.3 is 0 Å². The molecule has 8 nitrogen and oxygen atoms in total. The van der Waals surface area contributed by atoms with Gasteiger partial charge in [0.1, 0.15) is 0 Å². The molecule has 0 aliphatic carbocycles. The van der Waals surface area contributed by atoms with Crippen molar-refractivity contribution in [1.29, 1.82) is 0 Å². The first kappa shape index (κ1) is 32.1. The van der Waals surface area contributed by atoms with Gasteiger partial charge in [-0.15, -0.1) is 0 Å². The lowest BCUT2D eigenvalue weighted by molar-refractivity contribution is -0.164. The molecule has 3 rings (SSSR count). The van der Waals surface area contributed by atoms with Crippen LogP contribution in [0.15, 0.2) is 30.3 Å². The van der Waals surface area contributed by atoms with E-state index in [4.69, 9.17) is 42.4 Å². The second-order valence-electron chi connectivity index (χ2n) is 9.70. The van der Waals surface area contributed by atoms with Crippen LogP contribution in [0.4, 0.5) is 0 Å². The van der Waals surface area contributed by atoms with E-state index in [0.717, 1.165) is 35.0 Å². The van der Waals surface area contributed by atoms with Gasteiger partial charge in [-0.3, -0.25) is 19.3 Å². The van der Waals surface area contributed by atoms with Crippen LogP contribution in [-0.4, -0.2) is 69.3 Å². The summed E-state index contributed by atoms with van der Waals surface area (Å²) in [5.74, 6) is -1.21. The smallest absolute Gasteiger partial charge is 0.277 e. The van der Waals surface area contributed by atoms with Crippen molar-refractivity contribution in [3.8, 4) is 0 Å². The normalized spacial score (nSPS) is 14.2. The topological polar surface area (TPSA) is 77.5 Å². The van der Waals surface area contributed by atoms with E-state index in [0.29, 0.717) is 63.1 Å². The van der Waals surface area contributed by atoms with Gasteiger partial charge < -0.3 is 9.47 Å². The lowest BCUT2D eigenvalue weighted by Crippen LogP contribution is -2.28. The molecule has 1 aliphatic rings. The van der Waals surface area contributed by atoms with Gasteiger partial charge in [-0.2, -0.15) is 0 Å². The number of hydrogen-bond acceptors (Lipinski definition) is 6. The van der Waals surface area contributed by atoms with Crippen molar-refractivity contribution in [1.82, 2.24) is 10.1 Å². The quantitative estimate of drug-likeness (QED) is 0.215. The Kier molecular flexibility index (Phi) is 11.2. The maximum absolute atomic E-state index is 13.1. The number of hydrogen-bond donors (Lipinski definition) is 0. The lowest BCUT2D eigenvalue weighted by atomic mass is 9.91. The minimum absolute atomic E-state index is 0.331. The van der Waals surface area contributed by atoms with Gasteiger partial charge in [0.05, 0.1) is 27.4 Å². The monoisotopic (exact) mass is 592 g/mol. The summed E-state index contributed by atoms with van der Waals surface area (Å²) < 4.78 is 11.8. The Morgan fingerprint density at radius 3 is 1.75 bits per heavy atom. The Morgan fingerprint density at radius 2 is 1.35 bits per heavy atom. The number of carbonyl (C=O) groups is 2. The average molecular weight is 594 g/mol. The number of allylic oxidation sites excluding steroid dienone is 1. The highest BCUT2D eigenvalue weighted by atomic mass is 35.5. The number of ether oxygens (including phenoxy) is 2. The summed E-state index contributed by atoms with van der Waals surface area (Å²) in [6.45, 7) is 6.83. The van der Waals surface area contributed by atoms with Crippen molar-refractivity contribution in [2.75, 3.05) is 41.5 Å². The minimum Gasteiger partial charge on any atom is -0.348 e. The van der Waals surface area contributed by atoms with E-state index < -0.39 is 5.79 Å². The van der Waals surface area contributed by atoms with E-state index in [1.165, 1.54) is 14.2 Å². The second kappa shape index (κ2) is 13.9. The number of rotatable bonds is 11. The summed E-state index contributed by atoms with van der Waals surface area (Å²) in [6.07, 6.45) is 5.06. The molecule has 2 amide bonds. The van der Waals surface area contributed by atoms with Crippen LogP contribution in [0.3, 0.4) is 0 Å². The summed E-state index contributed by atoms with van der Waals surface area (Å²) >= 11 is 13.3. The van der Waals surface area contributed by atoms with E-state index in [1.54, 1.807) is 40.1 Å². The van der Waals surface area contributed by atoms with Crippen molar-refractivity contribution in [3.63, 3.8) is 0 Å². The van der Waals surface area contributed by atoms with Gasteiger partial charge in [0.15, 0.2) is 5.79 Å². The first-order chi connectivity index (χ1) is 19.0. The molecule has 1 fully saturated rings. The van der Waals surface area contributed by atoms with Crippen molar-refractivity contribution < 1.29 is 28.7 Å². The molecule has 0 saturated carbocycles. The zero-order valence-corrected chi connectivity index (χ0v) is 25.7. The number of benzene rings is 2. The van der Waals surface area contributed by atoms with Gasteiger partial charge in [-0.25, -0.2) is 10.1 Å². The van der Waals surface area contributed by atoms with E-state index in [9.17, 15) is 9.59 Å². The molecule has 2 aromatic carbocycles. The minimum atomic E-state index is -0.553. The molecule has 0 bridgehead atoms. The molecular weight excluding hydrogens is 555 g/mol. The molecule has 218 valence electrons. The van der Waals surface area contributed by atoms with Gasteiger partial charge in [0.2, 0.25) is 0 Å². The second-order valence-corrected chi connectivity index (χ2v) is 10.5. The maximum atomic E-state index is 13.1. The van der Waals surface area contributed by atoms with Crippen LogP contribution in [0.1, 0.15) is 75.6 Å². The van der Waals surface area contributed by atoms with Crippen molar-refractivity contribution in [3.05, 3.63) is 73.8 Å². The molecule has 10 heteroatoms. The SMILES string of the molecule is CCC1(CCCC=C(c2cc(Cl)c(C)c(C(=O)N(C)OC)c2)c2cc(Cl)c(C)c(C(=O)N(C)OC)c2)OCCO1. The average Bonchev–Trinajstić information content (AvgIpc) is 3.43. The Hall–Kier alpha value is -2.46. The number of unbranched alkanes of at least 4 members (excludes halogenated alkanes) is 1. The fourth-order valence-electron chi connectivity index (χ4n) is 4.66. The summed E-state index contributed by atoms with van der Waals surface area (Å²) in [5.41, 5.74) is 4.29. The molecule has 0 atom stereocenters. The summed E-state index contributed by atoms with van der Waals surface area (Å²) in [4.78, 5) is 36.5. The number of hydroxylamine groups is 4. The van der Waals surface area contributed by atoms with E-state index >= 15 is 0 Å². The van der Waals surface area contributed by atoms with E-state index in [-0.39, 0.29) is 11.8 Å². The Morgan fingerprint density at radius 1 is 0.900 bits per heavy atom. The third-order valence-electron chi connectivity index (χ3n) is 7.35. The van der Waals surface area contributed by atoms with Crippen molar-refractivity contribution in [2.45, 2.75) is 52.2 Å². The van der Waals surface area contributed by atoms with Crippen molar-refractivity contribution in [2.24, 2.45) is 0 Å². The fraction of sp³-hybridized carbons (Fsp3) is 0.467. The zero-order valence-electron chi connectivity index (χ0n) is 24.2. The maximum Gasteiger partial charge on any atom is 0.277 e. The first-order valence-electron chi connectivity index (χ1n) is 13.2. The van der Waals surface area contributed by atoms with E-state index in [2.05, 4.69) is 13.0 Å². The summed E-state index contributed by atoms with van der Waals surface area (Å²) in [5, 5.41) is 3.17. The Balaban J connectivity index is 2.12. The van der Waals surface area contributed by atoms with Gasteiger partial charge in [0.25, 0.3) is 11.8 Å². The van der Waals surface area contributed by atoms with Crippen LogP contribution in [-0.2, 0) is 19.1 Å². The van der Waals surface area contributed by atoms with Crippen LogP contribution in [0.25, 0.3) is 5.57 Å². The molecular formula is C30H38Cl2N2O6. The summed E-state index contributed by atoms with van der Waals surface area (Å²) in [6, 6.07) is 7.22. The molecule has 40 heavy (non-hydrogen) atoms. The molecule has 0 aromatic heterocycles. The van der Waals surface area contributed by atoms with E-state index in [1.807, 2.05) is 12.1 Å². The Bertz CT molecular complexity index is 1190. The predicted molar refractivity (Wildman–Crippen MR) is 156 cm³/mol. The molecule has 1 heterocycles. The molecule has 0 N–H and O–H groups in total. The molecule has 0 spiro atoms. The highest BCUT2D eigenvalue weighted by Gasteiger charge is 2.33. The highest BCUT2D eigenvalue weighted by molar-refractivity contribution is 6.32. The molecule has 1 aliphatic heterocycles. The number of carbonyl (C=O) groups excluding carboxylic acids is 2. The number of nitrogens with zero attached hydrogens (tertiary/aromatic N) is 2. The zero-order chi connectivity index (χ0) is 29.6. The lowest BCUT2D eigenvalue weighted by Gasteiger charge is -2.25. The fourth-order valence-corrected chi connectivity index (χ4v) is 5.10. The third-order valence-corrected chi connectivity index (χ3v) is 8.14. The molecule has 2 aromatic rings. The van der Waals surface area contributed by atoms with Crippen LogP contribution >= 0.6 is 23.2 Å². The van der Waals surface area contributed by atoms with Crippen LogP contribution in [0.5, 0.6) is 0 Å².